The van der Waals surface area contributed by atoms with Gasteiger partial charge < -0.3 is 18.5 Å². The number of rotatable bonds is 8. The van der Waals surface area contributed by atoms with Crippen molar-refractivity contribution in [1.82, 2.24) is 0 Å². The molecule has 0 heterocycles. The molecule has 120 valence electrons. The predicted molar refractivity (Wildman–Crippen MR) is 84.0 cm³/mol. The van der Waals surface area contributed by atoms with Gasteiger partial charge >= 0.3 is 7.60 Å². The van der Waals surface area contributed by atoms with E-state index in [1.807, 2.05) is 6.07 Å². The lowest BCUT2D eigenvalue weighted by Gasteiger charge is -2.16. The van der Waals surface area contributed by atoms with E-state index in [9.17, 15) is 9.83 Å². The lowest BCUT2D eigenvalue weighted by atomic mass is 10.2. The molecule has 0 aliphatic heterocycles. The summed E-state index contributed by atoms with van der Waals surface area (Å²) in [6, 6.07) is 7.01. The zero-order valence-electron chi connectivity index (χ0n) is 13.2. The fourth-order valence-corrected chi connectivity index (χ4v) is 3.25. The van der Waals surface area contributed by atoms with Crippen LogP contribution >= 0.6 is 7.60 Å². The summed E-state index contributed by atoms with van der Waals surface area (Å²) in [5.74, 6) is 1.08. The minimum atomic E-state index is -3.61. The van der Waals surface area contributed by atoms with Crippen LogP contribution in [0.3, 0.4) is 0 Å². The van der Waals surface area contributed by atoms with Crippen LogP contribution in [0.2, 0.25) is 0 Å². The van der Waals surface area contributed by atoms with Gasteiger partial charge in [0.15, 0.2) is 11.5 Å². The van der Waals surface area contributed by atoms with Gasteiger partial charge in [-0.2, -0.15) is 5.26 Å². The molecule has 1 aromatic rings. The van der Waals surface area contributed by atoms with Crippen LogP contribution < -0.4 is 9.47 Å². The van der Waals surface area contributed by atoms with Gasteiger partial charge in [-0.05, 0) is 37.6 Å². The van der Waals surface area contributed by atoms with E-state index in [4.69, 9.17) is 18.5 Å². The third kappa shape index (κ3) is 4.35. The third-order valence-corrected chi connectivity index (χ3v) is 4.73. The van der Waals surface area contributed by atoms with Crippen molar-refractivity contribution in [2.45, 2.75) is 13.8 Å². The van der Waals surface area contributed by atoms with Gasteiger partial charge in [-0.1, -0.05) is 6.07 Å². The van der Waals surface area contributed by atoms with Crippen molar-refractivity contribution in [2.75, 3.05) is 27.4 Å². The maximum absolute atomic E-state index is 12.6. The number of nitrogens with zero attached hydrogens (tertiary/aromatic N) is 1. The van der Waals surface area contributed by atoms with Crippen molar-refractivity contribution in [3.8, 4) is 17.6 Å². The average Bonchev–Trinajstić information content (AvgIpc) is 2.52. The molecule has 0 atom stereocenters. The number of benzene rings is 1. The predicted octanol–water partition coefficient (Wildman–Crippen LogP) is 3.83. The summed E-state index contributed by atoms with van der Waals surface area (Å²) in [7, 11) is -0.559. The molecular weight excluding hydrogens is 305 g/mol. The smallest absolute Gasteiger partial charge is 0.371 e. The van der Waals surface area contributed by atoms with Crippen LogP contribution in [-0.2, 0) is 13.6 Å². The minimum Gasteiger partial charge on any atom is -0.493 e. The molecule has 0 fully saturated rings. The van der Waals surface area contributed by atoms with Crippen LogP contribution in [0.1, 0.15) is 19.4 Å². The largest absolute Gasteiger partial charge is 0.493 e. The topological polar surface area (TPSA) is 77.8 Å². The van der Waals surface area contributed by atoms with Gasteiger partial charge in [-0.15, -0.1) is 0 Å². The first-order chi connectivity index (χ1) is 10.5. The second kappa shape index (κ2) is 8.60. The Hall–Kier alpha value is -1.80. The highest BCUT2D eigenvalue weighted by Crippen LogP contribution is 2.56. The fourth-order valence-electron chi connectivity index (χ4n) is 1.79. The van der Waals surface area contributed by atoms with Gasteiger partial charge in [-0.25, -0.2) is 0 Å². The van der Waals surface area contributed by atoms with Crippen LogP contribution in [0.4, 0.5) is 0 Å². The molecule has 0 saturated heterocycles. The Morgan fingerprint density at radius 3 is 2.23 bits per heavy atom. The van der Waals surface area contributed by atoms with Gasteiger partial charge in [0.05, 0.1) is 27.4 Å². The van der Waals surface area contributed by atoms with Gasteiger partial charge in [0.25, 0.3) is 0 Å². The van der Waals surface area contributed by atoms with E-state index < -0.39 is 7.60 Å². The molecule has 1 rings (SSSR count). The summed E-state index contributed by atoms with van der Waals surface area (Å²) in [6.45, 7) is 3.75. The summed E-state index contributed by atoms with van der Waals surface area (Å²) in [4.78, 5) is 0. The minimum absolute atomic E-state index is 0.0524. The van der Waals surface area contributed by atoms with Crippen molar-refractivity contribution in [2.24, 2.45) is 0 Å². The summed E-state index contributed by atoms with van der Waals surface area (Å²) in [5, 5.41) is 9.24. The van der Waals surface area contributed by atoms with Crippen molar-refractivity contribution in [3.05, 3.63) is 29.1 Å². The fraction of sp³-hybridized carbons (Fsp3) is 0.400. The molecule has 7 heteroatoms. The van der Waals surface area contributed by atoms with Crippen molar-refractivity contribution >= 4 is 13.7 Å². The molecule has 0 bridgehead atoms. The van der Waals surface area contributed by atoms with Crippen molar-refractivity contribution < 1.29 is 23.1 Å². The molecule has 0 spiro atoms. The highest BCUT2D eigenvalue weighted by Gasteiger charge is 2.29. The first-order valence-corrected chi connectivity index (χ1v) is 8.32. The van der Waals surface area contributed by atoms with Gasteiger partial charge in [0.1, 0.15) is 11.4 Å². The van der Waals surface area contributed by atoms with Crippen LogP contribution in [0.15, 0.2) is 23.5 Å². The molecule has 0 aliphatic carbocycles. The first kappa shape index (κ1) is 18.2. The lowest BCUT2D eigenvalue weighted by molar-refractivity contribution is 0.227. The van der Waals surface area contributed by atoms with Crippen LogP contribution in [0.5, 0.6) is 11.5 Å². The molecule has 0 aromatic heterocycles. The Labute approximate surface area is 130 Å². The number of hydrogen-bond acceptors (Lipinski definition) is 6. The Kier molecular flexibility index (Phi) is 7.13. The Morgan fingerprint density at radius 2 is 1.77 bits per heavy atom. The summed E-state index contributed by atoms with van der Waals surface area (Å²) in [6.07, 6.45) is 1.47. The van der Waals surface area contributed by atoms with Crippen molar-refractivity contribution in [1.29, 1.82) is 5.26 Å². The molecule has 0 radical (unpaired) electrons. The zero-order chi connectivity index (χ0) is 16.6. The monoisotopic (exact) mass is 325 g/mol. The maximum atomic E-state index is 12.6. The van der Waals surface area contributed by atoms with Crippen LogP contribution in [-0.4, -0.2) is 27.4 Å². The van der Waals surface area contributed by atoms with Gasteiger partial charge in [0, 0.05) is 0 Å². The zero-order valence-corrected chi connectivity index (χ0v) is 14.1. The number of nitriles is 1. The summed E-state index contributed by atoms with van der Waals surface area (Å²) >= 11 is 0. The molecule has 0 saturated carbocycles. The molecule has 1 aromatic carbocycles. The normalized spacial score (nSPS) is 11.9. The van der Waals surface area contributed by atoms with Crippen LogP contribution in [0.25, 0.3) is 6.08 Å². The molecule has 0 amide bonds. The Bertz CT molecular complexity index is 611. The number of allylic oxidation sites excluding steroid dienone is 1. The van der Waals surface area contributed by atoms with Gasteiger partial charge in [0.2, 0.25) is 0 Å². The number of methoxy groups -OCH3 is 2. The highest BCUT2D eigenvalue weighted by molar-refractivity contribution is 7.59. The standard InChI is InChI=1S/C15H20NO5P/c1-5-20-22(17,21-6-2)13(11-16)9-12-7-8-14(18-3)15(10-12)19-4/h7-10H,5-6H2,1-4H3/b13-9-. The van der Waals surface area contributed by atoms with E-state index in [-0.39, 0.29) is 18.5 Å². The lowest BCUT2D eigenvalue weighted by Crippen LogP contribution is -1.98. The Balaban J connectivity index is 3.27. The average molecular weight is 325 g/mol. The van der Waals surface area contributed by atoms with E-state index in [0.717, 1.165) is 0 Å². The highest BCUT2D eigenvalue weighted by atomic mass is 31.2. The molecule has 0 aliphatic rings. The number of ether oxygens (including phenoxy) is 2. The SMILES string of the molecule is CCOP(=O)(OCC)/C(C#N)=C\c1ccc(OC)c(OC)c1. The molecule has 6 nitrogen and oxygen atoms in total. The maximum Gasteiger partial charge on any atom is 0.371 e. The second-order valence-electron chi connectivity index (χ2n) is 4.09. The Morgan fingerprint density at radius 1 is 1.18 bits per heavy atom. The van der Waals surface area contributed by atoms with Crippen LogP contribution in [0, 0.1) is 11.3 Å². The van der Waals surface area contributed by atoms with E-state index in [1.54, 1.807) is 32.0 Å². The summed E-state index contributed by atoms with van der Waals surface area (Å²) < 4.78 is 33.4. The van der Waals surface area contributed by atoms with E-state index in [1.165, 1.54) is 20.3 Å². The molecule has 0 unspecified atom stereocenters. The second-order valence-corrected chi connectivity index (χ2v) is 6.08. The summed E-state index contributed by atoms with van der Waals surface area (Å²) in [5.41, 5.74) is 0.633. The molecular formula is C15H20NO5P. The first-order valence-electron chi connectivity index (χ1n) is 6.78. The van der Waals surface area contributed by atoms with E-state index >= 15 is 0 Å². The number of hydrogen-bond donors (Lipinski definition) is 0. The van der Waals surface area contributed by atoms with Gasteiger partial charge in [-0.3, -0.25) is 4.57 Å². The molecule has 22 heavy (non-hydrogen) atoms. The third-order valence-electron chi connectivity index (χ3n) is 2.72. The quantitative estimate of drug-likeness (QED) is 0.534. The molecule has 0 N–H and O–H groups in total. The van der Waals surface area contributed by atoms with E-state index in [2.05, 4.69) is 0 Å². The van der Waals surface area contributed by atoms with Crippen molar-refractivity contribution in [3.63, 3.8) is 0 Å². The van der Waals surface area contributed by atoms with E-state index in [0.29, 0.717) is 17.1 Å².